The van der Waals surface area contributed by atoms with E-state index in [2.05, 4.69) is 12.1 Å². The number of oxime groups is 1. The average molecular weight is 280 g/mol. The maximum absolute atomic E-state index is 8.73. The molecule has 0 heterocycles. The second-order valence-corrected chi connectivity index (χ2v) is 5.26. The van der Waals surface area contributed by atoms with Crippen LogP contribution in [0.3, 0.4) is 0 Å². The van der Waals surface area contributed by atoms with Crippen LogP contribution in [0.25, 0.3) is 0 Å². The van der Waals surface area contributed by atoms with Gasteiger partial charge in [-0.3, -0.25) is 0 Å². The number of benzene rings is 1. The molecule has 0 amide bonds. The molecule has 1 aromatic rings. The molecule has 0 aliphatic rings. The quantitative estimate of drug-likeness (QED) is 0.332. The monoisotopic (exact) mass is 280 g/mol. The summed E-state index contributed by atoms with van der Waals surface area (Å²) in [5.41, 5.74) is 5.24. The van der Waals surface area contributed by atoms with Gasteiger partial charge in [0.05, 0.1) is 13.2 Å². The van der Waals surface area contributed by atoms with Gasteiger partial charge in [-0.15, -0.1) is 0 Å². The highest BCUT2D eigenvalue weighted by atomic mass is 16.5. The van der Waals surface area contributed by atoms with Crippen molar-refractivity contribution in [1.29, 1.82) is 0 Å². The summed E-state index contributed by atoms with van der Waals surface area (Å²) in [6.07, 6.45) is 1.59. The smallest absolute Gasteiger partial charge is 0.161 e. The molecule has 0 aliphatic heterocycles. The van der Waals surface area contributed by atoms with E-state index in [0.717, 1.165) is 17.9 Å². The van der Waals surface area contributed by atoms with Crippen LogP contribution in [0.4, 0.5) is 0 Å². The predicted molar refractivity (Wildman–Crippen MR) is 79.5 cm³/mol. The molecule has 0 bridgehead atoms. The summed E-state index contributed by atoms with van der Waals surface area (Å²) in [5, 5.41) is 11.8. The van der Waals surface area contributed by atoms with E-state index in [1.165, 1.54) is 0 Å². The molecule has 20 heavy (non-hydrogen) atoms. The molecule has 0 saturated carbocycles. The van der Waals surface area contributed by atoms with Gasteiger partial charge in [0, 0.05) is 5.41 Å². The van der Waals surface area contributed by atoms with Crippen LogP contribution >= 0.6 is 0 Å². The molecule has 5 heteroatoms. The number of ether oxygens (including phenoxy) is 2. The van der Waals surface area contributed by atoms with E-state index in [1.807, 2.05) is 38.1 Å². The number of hydrogen-bond donors (Lipinski definition) is 2. The van der Waals surface area contributed by atoms with E-state index < -0.39 is 5.41 Å². The predicted octanol–water partition coefficient (Wildman–Crippen LogP) is 3.02. The van der Waals surface area contributed by atoms with Gasteiger partial charge < -0.3 is 20.4 Å². The first-order valence-corrected chi connectivity index (χ1v) is 6.84. The molecule has 0 atom stereocenters. The molecular weight excluding hydrogens is 256 g/mol. The lowest BCUT2D eigenvalue weighted by Crippen LogP contribution is -2.33. The van der Waals surface area contributed by atoms with Crippen molar-refractivity contribution in [3.63, 3.8) is 0 Å². The number of amidine groups is 1. The first-order valence-electron chi connectivity index (χ1n) is 6.84. The van der Waals surface area contributed by atoms with E-state index in [1.54, 1.807) is 0 Å². The Morgan fingerprint density at radius 1 is 1.20 bits per heavy atom. The molecule has 0 unspecified atom stereocenters. The first-order chi connectivity index (χ1) is 9.51. The van der Waals surface area contributed by atoms with Gasteiger partial charge in [-0.2, -0.15) is 0 Å². The van der Waals surface area contributed by atoms with Crippen molar-refractivity contribution in [3.8, 4) is 11.5 Å². The van der Waals surface area contributed by atoms with Crippen LogP contribution in [0.1, 0.15) is 33.6 Å². The third-order valence-electron chi connectivity index (χ3n) is 3.10. The highest BCUT2D eigenvalue weighted by Gasteiger charge is 2.23. The first kappa shape index (κ1) is 16.1. The molecule has 0 fully saturated rings. The van der Waals surface area contributed by atoms with Crippen molar-refractivity contribution in [3.05, 3.63) is 24.3 Å². The van der Waals surface area contributed by atoms with Crippen molar-refractivity contribution in [2.75, 3.05) is 13.2 Å². The normalized spacial score (nSPS) is 12.2. The fourth-order valence-electron chi connectivity index (χ4n) is 1.58. The molecule has 1 aromatic carbocycles. The molecule has 1 rings (SSSR count). The Morgan fingerprint density at radius 2 is 1.75 bits per heavy atom. The van der Waals surface area contributed by atoms with Crippen LogP contribution in [-0.4, -0.2) is 24.3 Å². The zero-order valence-electron chi connectivity index (χ0n) is 12.4. The van der Waals surface area contributed by atoms with Crippen molar-refractivity contribution >= 4 is 5.84 Å². The van der Waals surface area contributed by atoms with Crippen molar-refractivity contribution in [1.82, 2.24) is 0 Å². The minimum absolute atomic E-state index is 0.205. The van der Waals surface area contributed by atoms with Gasteiger partial charge in [0.25, 0.3) is 0 Å². The van der Waals surface area contributed by atoms with Crippen LogP contribution < -0.4 is 15.2 Å². The van der Waals surface area contributed by atoms with Crippen molar-refractivity contribution in [2.45, 2.75) is 33.6 Å². The van der Waals surface area contributed by atoms with E-state index in [4.69, 9.17) is 20.4 Å². The summed E-state index contributed by atoms with van der Waals surface area (Å²) in [4.78, 5) is 0. The molecule has 3 N–H and O–H groups in total. The highest BCUT2D eigenvalue weighted by molar-refractivity contribution is 5.85. The summed E-state index contributed by atoms with van der Waals surface area (Å²) >= 11 is 0. The molecule has 112 valence electrons. The van der Waals surface area contributed by atoms with Crippen LogP contribution in [-0.2, 0) is 0 Å². The SMILES string of the molecule is CCCOc1ccccc1OCCC(C)(C)C(N)=NO. The Labute approximate surface area is 120 Å². The van der Waals surface area contributed by atoms with E-state index in [9.17, 15) is 0 Å². The lowest BCUT2D eigenvalue weighted by atomic mass is 9.88. The highest BCUT2D eigenvalue weighted by Crippen LogP contribution is 2.28. The topological polar surface area (TPSA) is 77.1 Å². The summed E-state index contributed by atoms with van der Waals surface area (Å²) in [7, 11) is 0. The average Bonchev–Trinajstić information content (AvgIpc) is 2.45. The van der Waals surface area contributed by atoms with Gasteiger partial charge in [0.15, 0.2) is 11.5 Å². The lowest BCUT2D eigenvalue weighted by Gasteiger charge is -2.23. The second kappa shape index (κ2) is 7.62. The molecule has 5 nitrogen and oxygen atoms in total. The van der Waals surface area contributed by atoms with Gasteiger partial charge >= 0.3 is 0 Å². The molecule has 0 spiro atoms. The Morgan fingerprint density at radius 3 is 2.25 bits per heavy atom. The van der Waals surface area contributed by atoms with Crippen LogP contribution in [0, 0.1) is 5.41 Å². The fraction of sp³-hybridized carbons (Fsp3) is 0.533. The maximum Gasteiger partial charge on any atom is 0.161 e. The fourth-order valence-corrected chi connectivity index (χ4v) is 1.58. The lowest BCUT2D eigenvalue weighted by molar-refractivity contribution is 0.240. The van der Waals surface area contributed by atoms with Gasteiger partial charge in [0.1, 0.15) is 5.84 Å². The second-order valence-electron chi connectivity index (χ2n) is 5.26. The van der Waals surface area contributed by atoms with E-state index in [-0.39, 0.29) is 5.84 Å². The zero-order valence-corrected chi connectivity index (χ0v) is 12.4. The minimum Gasteiger partial charge on any atom is -0.490 e. The Balaban J connectivity index is 2.58. The molecule has 0 saturated heterocycles. The van der Waals surface area contributed by atoms with Gasteiger partial charge in [-0.1, -0.05) is 38.1 Å². The van der Waals surface area contributed by atoms with E-state index in [0.29, 0.717) is 19.6 Å². The van der Waals surface area contributed by atoms with Crippen LogP contribution in [0.2, 0.25) is 0 Å². The number of nitrogens with two attached hydrogens (primary N) is 1. The Kier molecular flexibility index (Phi) is 6.15. The Hall–Kier alpha value is -1.91. The maximum atomic E-state index is 8.73. The van der Waals surface area contributed by atoms with E-state index >= 15 is 0 Å². The van der Waals surface area contributed by atoms with Crippen LogP contribution in [0.15, 0.2) is 29.4 Å². The number of para-hydroxylation sites is 2. The summed E-state index contributed by atoms with van der Waals surface area (Å²) < 4.78 is 11.4. The third-order valence-corrected chi connectivity index (χ3v) is 3.10. The Bertz CT molecular complexity index is 444. The number of nitrogens with zero attached hydrogens (tertiary/aromatic N) is 1. The molecule has 0 aromatic heterocycles. The van der Waals surface area contributed by atoms with Crippen LogP contribution in [0.5, 0.6) is 11.5 Å². The summed E-state index contributed by atoms with van der Waals surface area (Å²) in [6.45, 7) is 7.00. The largest absolute Gasteiger partial charge is 0.490 e. The standard InChI is InChI=1S/C15H24N2O3/c1-4-10-19-12-7-5-6-8-13(12)20-11-9-15(2,3)14(16)17-18/h5-8,18H,4,9-11H2,1-3H3,(H2,16,17). The summed E-state index contributed by atoms with van der Waals surface area (Å²) in [5.74, 6) is 1.67. The third kappa shape index (κ3) is 4.64. The van der Waals surface area contributed by atoms with Gasteiger partial charge in [-0.05, 0) is 25.0 Å². The molecular formula is C15H24N2O3. The minimum atomic E-state index is -0.409. The van der Waals surface area contributed by atoms with Gasteiger partial charge in [0.2, 0.25) is 0 Å². The zero-order chi connectivity index (χ0) is 15.0. The van der Waals surface area contributed by atoms with Crippen molar-refractivity contribution in [2.24, 2.45) is 16.3 Å². The number of rotatable bonds is 8. The molecule has 0 aliphatic carbocycles. The molecule has 0 radical (unpaired) electrons. The van der Waals surface area contributed by atoms with Crippen molar-refractivity contribution < 1.29 is 14.7 Å². The number of hydrogen-bond acceptors (Lipinski definition) is 4. The van der Waals surface area contributed by atoms with Gasteiger partial charge in [-0.25, -0.2) is 0 Å². The summed E-state index contributed by atoms with van der Waals surface area (Å²) in [6, 6.07) is 7.59.